The van der Waals surface area contributed by atoms with Crippen molar-refractivity contribution in [2.75, 3.05) is 11.2 Å². The number of aromatic carboxylic acids is 1. The minimum absolute atomic E-state index is 0.209. The van der Waals surface area contributed by atoms with Crippen LogP contribution >= 0.6 is 0 Å². The average Bonchev–Trinajstić information content (AvgIpc) is 2.62. The van der Waals surface area contributed by atoms with Crippen LogP contribution in [0.25, 0.3) is 0 Å². The molecular formula is C17H19N3O7. The van der Waals surface area contributed by atoms with Crippen LogP contribution in [0.4, 0.5) is 11.4 Å². The van der Waals surface area contributed by atoms with E-state index in [2.05, 4.69) is 0 Å². The minimum Gasteiger partial charge on any atom is -0.507 e. The zero-order valence-electron chi connectivity index (χ0n) is 14.0. The number of hydrogen-bond acceptors (Lipinski definition) is 8. The van der Waals surface area contributed by atoms with Gasteiger partial charge >= 0.3 is 11.9 Å². The number of carboxylic acids is 2. The second kappa shape index (κ2) is 9.75. The van der Waals surface area contributed by atoms with Gasteiger partial charge in [-0.2, -0.15) is 0 Å². The van der Waals surface area contributed by atoms with E-state index in [4.69, 9.17) is 32.0 Å². The van der Waals surface area contributed by atoms with Gasteiger partial charge in [-0.25, -0.2) is 4.79 Å². The van der Waals surface area contributed by atoms with Crippen molar-refractivity contribution in [3.63, 3.8) is 0 Å². The van der Waals surface area contributed by atoms with Crippen molar-refractivity contribution in [2.45, 2.75) is 12.5 Å². The molecular weight excluding hydrogens is 358 g/mol. The molecule has 0 amide bonds. The lowest BCUT2D eigenvalue weighted by Gasteiger charge is -2.05. The Balaban J connectivity index is 0.000000277. The van der Waals surface area contributed by atoms with Crippen molar-refractivity contribution in [2.24, 2.45) is 5.73 Å². The number of benzene rings is 2. The molecule has 0 heterocycles. The SMILES string of the molecule is Nc1ccc(C(=O)CC(N)C(=O)O)cc1.O=C(O)c1cc(NO)ccc1O. The maximum atomic E-state index is 11.5. The molecule has 2 aromatic rings. The molecule has 0 aromatic heterocycles. The molecule has 27 heavy (non-hydrogen) atoms. The summed E-state index contributed by atoms with van der Waals surface area (Å²) in [5.41, 5.74) is 13.4. The topological polar surface area (TPSA) is 196 Å². The van der Waals surface area contributed by atoms with Gasteiger partial charge in [0, 0.05) is 17.7 Å². The average molecular weight is 377 g/mol. The van der Waals surface area contributed by atoms with Crippen molar-refractivity contribution in [1.82, 2.24) is 0 Å². The molecule has 2 rings (SSSR count). The second-order valence-electron chi connectivity index (χ2n) is 5.34. The molecule has 1 atom stereocenters. The number of aromatic hydroxyl groups is 1. The molecule has 0 aliphatic rings. The summed E-state index contributed by atoms with van der Waals surface area (Å²) in [6, 6.07) is 8.76. The van der Waals surface area contributed by atoms with Crippen molar-refractivity contribution < 1.29 is 34.9 Å². The normalized spacial score (nSPS) is 10.9. The van der Waals surface area contributed by atoms with E-state index in [0.29, 0.717) is 11.3 Å². The highest BCUT2D eigenvalue weighted by Crippen LogP contribution is 2.20. The number of carboxylic acid groups (broad SMARTS) is 2. The fourth-order valence-electron chi connectivity index (χ4n) is 1.85. The number of anilines is 2. The predicted molar refractivity (Wildman–Crippen MR) is 95.9 cm³/mol. The summed E-state index contributed by atoms with van der Waals surface area (Å²) in [5.74, 6) is -3.06. The summed E-state index contributed by atoms with van der Waals surface area (Å²) in [7, 11) is 0. The highest BCUT2D eigenvalue weighted by atomic mass is 16.5. The van der Waals surface area contributed by atoms with Gasteiger partial charge in [-0.15, -0.1) is 0 Å². The van der Waals surface area contributed by atoms with Crippen LogP contribution in [0.15, 0.2) is 42.5 Å². The molecule has 0 saturated heterocycles. The van der Waals surface area contributed by atoms with E-state index in [1.54, 1.807) is 29.7 Å². The fraction of sp³-hybridized carbons (Fsp3) is 0.118. The molecule has 9 N–H and O–H groups in total. The van der Waals surface area contributed by atoms with Crippen molar-refractivity contribution in [3.8, 4) is 5.75 Å². The molecule has 0 aliphatic carbocycles. The summed E-state index contributed by atoms with van der Waals surface area (Å²) in [6.45, 7) is 0. The van der Waals surface area contributed by atoms with Gasteiger partial charge in [0.15, 0.2) is 5.78 Å². The zero-order valence-corrected chi connectivity index (χ0v) is 14.0. The zero-order chi connectivity index (χ0) is 20.6. The Kier molecular flexibility index (Phi) is 7.73. The number of phenols is 1. The molecule has 1 unspecified atom stereocenters. The summed E-state index contributed by atoms with van der Waals surface area (Å²) in [4.78, 5) is 32.3. The predicted octanol–water partition coefficient (Wildman–Crippen LogP) is 1.15. The van der Waals surface area contributed by atoms with E-state index in [1.807, 2.05) is 0 Å². The number of carbonyl (C=O) groups is 3. The largest absolute Gasteiger partial charge is 0.507 e. The molecule has 0 bridgehead atoms. The first kappa shape index (κ1) is 21.4. The van der Waals surface area contributed by atoms with Crippen LogP contribution in [0, 0.1) is 0 Å². The molecule has 0 radical (unpaired) electrons. The van der Waals surface area contributed by atoms with Crippen molar-refractivity contribution >= 4 is 29.1 Å². The van der Waals surface area contributed by atoms with E-state index in [1.165, 1.54) is 12.1 Å². The van der Waals surface area contributed by atoms with Crippen LogP contribution in [0.2, 0.25) is 0 Å². The van der Waals surface area contributed by atoms with Gasteiger partial charge in [0.1, 0.15) is 17.4 Å². The number of aliphatic carboxylic acids is 1. The molecule has 0 aliphatic heterocycles. The van der Waals surface area contributed by atoms with Crippen LogP contribution in [0.3, 0.4) is 0 Å². The lowest BCUT2D eigenvalue weighted by Crippen LogP contribution is -2.32. The molecule has 0 fully saturated rings. The number of Topliss-reactive ketones (excluding diaryl/α,β-unsaturated/α-hetero) is 1. The fourth-order valence-corrected chi connectivity index (χ4v) is 1.85. The second-order valence-corrected chi connectivity index (χ2v) is 5.34. The number of rotatable bonds is 6. The summed E-state index contributed by atoms with van der Waals surface area (Å²) in [5, 5.41) is 34.5. The Morgan fingerprint density at radius 2 is 1.63 bits per heavy atom. The van der Waals surface area contributed by atoms with E-state index in [9.17, 15) is 14.4 Å². The maximum absolute atomic E-state index is 11.5. The van der Waals surface area contributed by atoms with Crippen molar-refractivity contribution in [3.05, 3.63) is 53.6 Å². The van der Waals surface area contributed by atoms with Gasteiger partial charge in [0.2, 0.25) is 0 Å². The Bertz CT molecular complexity index is 822. The first-order chi connectivity index (χ1) is 12.6. The summed E-state index contributed by atoms with van der Waals surface area (Å²) < 4.78 is 0. The van der Waals surface area contributed by atoms with Gasteiger partial charge in [-0.3, -0.25) is 20.3 Å². The smallest absolute Gasteiger partial charge is 0.339 e. The first-order valence-electron chi connectivity index (χ1n) is 7.49. The lowest BCUT2D eigenvalue weighted by molar-refractivity contribution is -0.138. The third-order valence-electron chi connectivity index (χ3n) is 3.31. The summed E-state index contributed by atoms with van der Waals surface area (Å²) >= 11 is 0. The van der Waals surface area contributed by atoms with Gasteiger partial charge in [-0.05, 0) is 42.5 Å². The highest BCUT2D eigenvalue weighted by molar-refractivity contribution is 5.98. The molecule has 144 valence electrons. The van der Waals surface area contributed by atoms with Gasteiger partial charge in [0.05, 0.1) is 5.69 Å². The van der Waals surface area contributed by atoms with Crippen LogP contribution in [-0.4, -0.2) is 44.3 Å². The standard InChI is InChI=1S/C10H12N2O3.C7H7NO4/c11-7-3-1-6(2-4-7)9(13)5-8(12)10(14)15;9-6-2-1-4(8-12)3-5(6)7(10)11/h1-4,8H,5,11-12H2,(H,14,15);1-3,8-9,12H,(H,10,11). The number of ketones is 1. The third-order valence-corrected chi connectivity index (χ3v) is 3.31. The molecule has 2 aromatic carbocycles. The minimum atomic E-state index is -1.25. The number of hydrogen-bond donors (Lipinski definition) is 7. The first-order valence-corrected chi connectivity index (χ1v) is 7.49. The van der Waals surface area contributed by atoms with Crippen molar-refractivity contribution in [1.29, 1.82) is 0 Å². The quantitative estimate of drug-likeness (QED) is 0.166. The lowest BCUT2D eigenvalue weighted by atomic mass is 10.0. The number of carbonyl (C=O) groups excluding carboxylic acids is 1. The molecule has 10 heteroatoms. The van der Waals surface area contributed by atoms with Gasteiger partial charge in [-0.1, -0.05) is 0 Å². The van der Waals surface area contributed by atoms with Crippen LogP contribution in [0.5, 0.6) is 5.75 Å². The van der Waals surface area contributed by atoms with Crippen LogP contribution in [0.1, 0.15) is 27.1 Å². The van der Waals surface area contributed by atoms with E-state index in [0.717, 1.165) is 6.07 Å². The maximum Gasteiger partial charge on any atom is 0.339 e. The Morgan fingerprint density at radius 1 is 1.04 bits per heavy atom. The monoisotopic (exact) mass is 377 g/mol. The molecule has 10 nitrogen and oxygen atoms in total. The highest BCUT2D eigenvalue weighted by Gasteiger charge is 2.17. The Morgan fingerprint density at radius 3 is 2.11 bits per heavy atom. The number of nitrogen functional groups attached to an aromatic ring is 1. The molecule has 0 saturated carbocycles. The molecule has 0 spiro atoms. The number of nitrogens with one attached hydrogen (secondary N) is 1. The van der Waals surface area contributed by atoms with E-state index in [-0.39, 0.29) is 29.2 Å². The van der Waals surface area contributed by atoms with Crippen LogP contribution in [-0.2, 0) is 4.79 Å². The number of nitrogens with two attached hydrogens (primary N) is 2. The Labute approximate surface area is 153 Å². The van der Waals surface area contributed by atoms with Gasteiger partial charge in [0.25, 0.3) is 0 Å². The van der Waals surface area contributed by atoms with Gasteiger partial charge < -0.3 is 26.8 Å². The van der Waals surface area contributed by atoms with Crippen LogP contribution < -0.4 is 16.9 Å². The van der Waals surface area contributed by atoms with E-state index >= 15 is 0 Å². The summed E-state index contributed by atoms with van der Waals surface area (Å²) in [6.07, 6.45) is -0.209. The van der Waals surface area contributed by atoms with E-state index < -0.39 is 18.0 Å². The Hall–Kier alpha value is -3.63. The third kappa shape index (κ3) is 6.65.